The van der Waals surface area contributed by atoms with Crippen LogP contribution in [0.4, 0.5) is 0 Å². The third-order valence-corrected chi connectivity index (χ3v) is 5.53. The van der Waals surface area contributed by atoms with Crippen molar-refractivity contribution in [3.8, 4) is 0 Å². The number of fused-ring (bicyclic) bond motifs is 1. The van der Waals surface area contributed by atoms with Crippen molar-refractivity contribution < 1.29 is 14.3 Å². The molecule has 0 aliphatic carbocycles. The highest BCUT2D eigenvalue weighted by atomic mass is 16.5. The zero-order chi connectivity index (χ0) is 21.5. The number of carbonyl (C=O) groups excluding carboxylic acids is 2. The summed E-state index contributed by atoms with van der Waals surface area (Å²) in [5.41, 5.74) is 3.44. The molecule has 6 heteroatoms. The highest BCUT2D eigenvalue weighted by Crippen LogP contribution is 2.21. The average Bonchev–Trinajstić information content (AvgIpc) is 2.82. The van der Waals surface area contributed by atoms with Crippen LogP contribution in [0, 0.1) is 5.92 Å². The highest BCUT2D eigenvalue weighted by Gasteiger charge is 2.23. The molecular weight excluding hydrogens is 390 g/mol. The molecular formula is C25H25N3O3. The van der Waals surface area contributed by atoms with E-state index in [1.54, 1.807) is 17.2 Å². The first-order valence-corrected chi connectivity index (χ1v) is 10.6. The Hall–Kier alpha value is -3.54. The number of rotatable bonds is 6. The maximum absolute atomic E-state index is 12.4. The number of amides is 1. The molecule has 2 heterocycles. The van der Waals surface area contributed by atoms with Crippen molar-refractivity contribution in [2.75, 3.05) is 19.7 Å². The van der Waals surface area contributed by atoms with E-state index in [2.05, 4.69) is 34.2 Å². The third-order valence-electron chi connectivity index (χ3n) is 5.53. The molecule has 1 aliphatic rings. The van der Waals surface area contributed by atoms with E-state index in [1.807, 2.05) is 30.3 Å². The van der Waals surface area contributed by atoms with Crippen LogP contribution < -0.4 is 0 Å². The Bertz CT molecular complexity index is 1070. The van der Waals surface area contributed by atoms with Crippen LogP contribution in [-0.4, -0.2) is 46.4 Å². The van der Waals surface area contributed by atoms with Gasteiger partial charge < -0.3 is 9.64 Å². The van der Waals surface area contributed by atoms with Gasteiger partial charge in [0.15, 0.2) is 6.61 Å². The minimum Gasteiger partial charge on any atom is -0.452 e. The van der Waals surface area contributed by atoms with E-state index in [1.165, 1.54) is 11.6 Å². The number of benzene rings is 2. The van der Waals surface area contributed by atoms with Gasteiger partial charge in [-0.25, -0.2) is 9.78 Å². The van der Waals surface area contributed by atoms with E-state index in [9.17, 15) is 9.59 Å². The lowest BCUT2D eigenvalue weighted by Crippen LogP contribution is -2.41. The quantitative estimate of drug-likeness (QED) is 0.454. The first-order chi connectivity index (χ1) is 15.2. The first kappa shape index (κ1) is 20.7. The average molecular weight is 415 g/mol. The lowest BCUT2D eigenvalue weighted by molar-refractivity contribution is -0.148. The summed E-state index contributed by atoms with van der Waals surface area (Å²) in [6.07, 6.45) is 7.39. The number of piperidine rings is 1. The van der Waals surface area contributed by atoms with Gasteiger partial charge in [0.1, 0.15) is 0 Å². The molecule has 0 N–H and O–H groups in total. The molecule has 3 aromatic rings. The van der Waals surface area contributed by atoms with Crippen LogP contribution in [0.5, 0.6) is 0 Å². The molecule has 0 bridgehead atoms. The molecule has 0 radical (unpaired) electrons. The van der Waals surface area contributed by atoms with Crippen LogP contribution in [0.15, 0.2) is 66.9 Å². The second-order valence-corrected chi connectivity index (χ2v) is 7.74. The Kier molecular flexibility index (Phi) is 6.67. The molecule has 1 amide bonds. The lowest BCUT2D eigenvalue weighted by Gasteiger charge is -2.32. The van der Waals surface area contributed by atoms with Crippen molar-refractivity contribution in [1.29, 1.82) is 0 Å². The fraction of sp³-hybridized carbons (Fsp3) is 0.280. The van der Waals surface area contributed by atoms with Gasteiger partial charge in [0.2, 0.25) is 0 Å². The number of hydrogen-bond acceptors (Lipinski definition) is 5. The van der Waals surface area contributed by atoms with Gasteiger partial charge in [-0.2, -0.15) is 0 Å². The van der Waals surface area contributed by atoms with Gasteiger partial charge in [-0.15, -0.1) is 0 Å². The fourth-order valence-corrected chi connectivity index (χ4v) is 3.81. The highest BCUT2D eigenvalue weighted by molar-refractivity contribution is 5.89. The molecule has 158 valence electrons. The Morgan fingerprint density at radius 3 is 2.48 bits per heavy atom. The van der Waals surface area contributed by atoms with Gasteiger partial charge >= 0.3 is 5.97 Å². The topological polar surface area (TPSA) is 72.4 Å². The molecule has 1 aliphatic heterocycles. The van der Waals surface area contributed by atoms with Crippen LogP contribution in [0.1, 0.15) is 24.1 Å². The van der Waals surface area contributed by atoms with Crippen molar-refractivity contribution in [3.63, 3.8) is 0 Å². The SMILES string of the molecule is O=C(/C=C/c1cnc2ccccc2n1)OCC(=O)N1CCC(Cc2ccccc2)CC1. The summed E-state index contributed by atoms with van der Waals surface area (Å²) in [6.45, 7) is 1.17. The minimum atomic E-state index is -0.567. The number of aromatic nitrogens is 2. The fourth-order valence-electron chi connectivity index (χ4n) is 3.81. The molecule has 2 aromatic carbocycles. The van der Waals surface area contributed by atoms with Gasteiger partial charge in [-0.05, 0) is 49.0 Å². The monoisotopic (exact) mass is 415 g/mol. The number of hydrogen-bond donors (Lipinski definition) is 0. The number of para-hydroxylation sites is 2. The zero-order valence-electron chi connectivity index (χ0n) is 17.3. The van der Waals surface area contributed by atoms with Crippen molar-refractivity contribution in [2.24, 2.45) is 5.92 Å². The van der Waals surface area contributed by atoms with Crippen molar-refractivity contribution in [3.05, 3.63) is 78.1 Å². The van der Waals surface area contributed by atoms with Crippen LogP contribution >= 0.6 is 0 Å². The molecule has 4 rings (SSSR count). The molecule has 0 atom stereocenters. The zero-order valence-corrected chi connectivity index (χ0v) is 17.3. The molecule has 6 nitrogen and oxygen atoms in total. The summed E-state index contributed by atoms with van der Waals surface area (Å²) in [5, 5.41) is 0. The van der Waals surface area contributed by atoms with E-state index in [4.69, 9.17) is 4.74 Å². The van der Waals surface area contributed by atoms with E-state index < -0.39 is 5.97 Å². The van der Waals surface area contributed by atoms with Crippen molar-refractivity contribution in [2.45, 2.75) is 19.3 Å². The van der Waals surface area contributed by atoms with E-state index in [0.717, 1.165) is 30.3 Å². The van der Waals surface area contributed by atoms with Gasteiger partial charge in [-0.3, -0.25) is 9.78 Å². The van der Waals surface area contributed by atoms with E-state index in [-0.39, 0.29) is 12.5 Å². The van der Waals surface area contributed by atoms with Gasteiger partial charge in [0.25, 0.3) is 5.91 Å². The van der Waals surface area contributed by atoms with Crippen molar-refractivity contribution in [1.82, 2.24) is 14.9 Å². The van der Waals surface area contributed by atoms with Crippen LogP contribution in [0.2, 0.25) is 0 Å². The molecule has 0 saturated carbocycles. The predicted octanol–water partition coefficient (Wildman–Crippen LogP) is 3.67. The largest absolute Gasteiger partial charge is 0.452 e. The van der Waals surface area contributed by atoms with Crippen molar-refractivity contribution >= 4 is 29.0 Å². The molecule has 1 fully saturated rings. The Balaban J connectivity index is 1.21. The number of ether oxygens (including phenoxy) is 1. The van der Waals surface area contributed by atoms with Crippen LogP contribution in [0.25, 0.3) is 17.1 Å². The second-order valence-electron chi connectivity index (χ2n) is 7.74. The Labute approximate surface area is 181 Å². The minimum absolute atomic E-state index is 0.148. The standard InChI is InChI=1S/C25H25N3O3/c29-24(28-14-12-20(13-15-28)16-19-6-2-1-3-7-19)18-31-25(30)11-10-21-17-26-22-8-4-5-9-23(22)27-21/h1-11,17,20H,12-16,18H2/b11-10+. The number of likely N-dealkylation sites (tertiary alicyclic amines) is 1. The van der Waals surface area contributed by atoms with Crippen LogP contribution in [-0.2, 0) is 20.7 Å². The van der Waals surface area contributed by atoms with Gasteiger partial charge in [0, 0.05) is 19.2 Å². The summed E-state index contributed by atoms with van der Waals surface area (Å²) in [5.74, 6) is -0.132. The maximum atomic E-state index is 12.4. The molecule has 31 heavy (non-hydrogen) atoms. The molecule has 0 unspecified atom stereocenters. The van der Waals surface area contributed by atoms with E-state index >= 15 is 0 Å². The number of carbonyl (C=O) groups is 2. The number of nitrogens with zero attached hydrogens (tertiary/aromatic N) is 3. The molecule has 1 saturated heterocycles. The Morgan fingerprint density at radius 1 is 1.00 bits per heavy atom. The van der Waals surface area contributed by atoms with Gasteiger partial charge in [0.05, 0.1) is 22.9 Å². The second kappa shape index (κ2) is 9.98. The summed E-state index contributed by atoms with van der Waals surface area (Å²) in [7, 11) is 0. The summed E-state index contributed by atoms with van der Waals surface area (Å²) >= 11 is 0. The first-order valence-electron chi connectivity index (χ1n) is 10.6. The summed E-state index contributed by atoms with van der Waals surface area (Å²) < 4.78 is 5.12. The lowest BCUT2D eigenvalue weighted by atomic mass is 9.90. The van der Waals surface area contributed by atoms with Crippen LogP contribution in [0.3, 0.4) is 0 Å². The predicted molar refractivity (Wildman–Crippen MR) is 119 cm³/mol. The smallest absolute Gasteiger partial charge is 0.331 e. The third kappa shape index (κ3) is 5.75. The summed E-state index contributed by atoms with van der Waals surface area (Å²) in [6, 6.07) is 18.0. The summed E-state index contributed by atoms with van der Waals surface area (Å²) in [4.78, 5) is 34.9. The van der Waals surface area contributed by atoms with Gasteiger partial charge in [-0.1, -0.05) is 42.5 Å². The molecule has 1 aromatic heterocycles. The van der Waals surface area contributed by atoms with E-state index in [0.29, 0.717) is 24.7 Å². The Morgan fingerprint density at radius 2 is 1.71 bits per heavy atom. The molecule has 0 spiro atoms. The maximum Gasteiger partial charge on any atom is 0.331 e. The normalized spacial score (nSPS) is 14.8. The number of esters is 1.